The number of oxazole rings is 1. The minimum Gasteiger partial charge on any atom is -0.496 e. The summed E-state index contributed by atoms with van der Waals surface area (Å²) in [6.45, 7) is 11.9. The van der Waals surface area contributed by atoms with Gasteiger partial charge in [-0.3, -0.25) is 15.1 Å². The van der Waals surface area contributed by atoms with Gasteiger partial charge in [-0.15, -0.1) is 0 Å². The first-order valence-corrected chi connectivity index (χ1v) is 12.7. The van der Waals surface area contributed by atoms with Crippen molar-refractivity contribution in [2.24, 2.45) is 0 Å². The Bertz CT molecular complexity index is 1130. The van der Waals surface area contributed by atoms with Crippen LogP contribution in [0.5, 0.6) is 5.75 Å². The zero-order valence-electron chi connectivity index (χ0n) is 22.1. The molecule has 1 aromatic heterocycles. The van der Waals surface area contributed by atoms with Crippen LogP contribution in [0.3, 0.4) is 0 Å². The summed E-state index contributed by atoms with van der Waals surface area (Å²) in [4.78, 5) is 8.84. The summed E-state index contributed by atoms with van der Waals surface area (Å²) in [5.41, 5.74) is 3.66. The third-order valence-corrected chi connectivity index (χ3v) is 6.79. The molecule has 2 heterocycles. The quantitative estimate of drug-likeness (QED) is 0.290. The number of rotatable bonds is 11. The Morgan fingerprint density at radius 3 is 2.46 bits per heavy atom. The van der Waals surface area contributed by atoms with Gasteiger partial charge in [0.15, 0.2) is 18.4 Å². The highest BCUT2D eigenvalue weighted by molar-refractivity contribution is 5.69. The molecule has 0 spiro atoms. The van der Waals surface area contributed by atoms with E-state index in [4.69, 9.17) is 9.15 Å². The molecular formula is C28H39N5O4. The van der Waals surface area contributed by atoms with E-state index in [2.05, 4.69) is 56.6 Å². The van der Waals surface area contributed by atoms with E-state index in [0.29, 0.717) is 17.2 Å². The van der Waals surface area contributed by atoms with Crippen LogP contribution >= 0.6 is 0 Å². The molecule has 0 radical (unpaired) electrons. The highest BCUT2D eigenvalue weighted by Crippen LogP contribution is 2.32. The van der Waals surface area contributed by atoms with E-state index in [1.807, 2.05) is 19.9 Å². The second kappa shape index (κ2) is 12.1. The molecule has 200 valence electrons. The van der Waals surface area contributed by atoms with Crippen LogP contribution in [-0.2, 0) is 6.54 Å². The number of anilines is 1. The summed E-state index contributed by atoms with van der Waals surface area (Å²) in [7, 11) is 1.57. The summed E-state index contributed by atoms with van der Waals surface area (Å²) in [6, 6.07) is 13.9. The molecule has 4 N–H and O–H groups in total. The topological polar surface area (TPSA) is 106 Å². The Labute approximate surface area is 219 Å². The van der Waals surface area contributed by atoms with Gasteiger partial charge in [-0.05, 0) is 44.0 Å². The molecule has 2 unspecified atom stereocenters. The van der Waals surface area contributed by atoms with Crippen LogP contribution in [0.1, 0.15) is 25.0 Å². The van der Waals surface area contributed by atoms with Crippen LogP contribution in [0, 0.1) is 6.92 Å². The number of aryl methyl sites for hydroxylation is 1. The normalized spacial score (nSPS) is 16.9. The molecule has 0 amide bonds. The highest BCUT2D eigenvalue weighted by atomic mass is 16.5. The fourth-order valence-electron chi connectivity index (χ4n) is 4.80. The maximum absolute atomic E-state index is 10.7. The van der Waals surface area contributed by atoms with Gasteiger partial charge < -0.3 is 24.7 Å². The van der Waals surface area contributed by atoms with Gasteiger partial charge in [0.05, 0.1) is 18.9 Å². The van der Waals surface area contributed by atoms with Crippen molar-refractivity contribution >= 4 is 5.69 Å². The fraction of sp³-hybridized carbons (Fsp3) is 0.464. The average molecular weight is 510 g/mol. The third-order valence-electron chi connectivity index (χ3n) is 6.79. The number of ether oxygens (including phenoxy) is 1. The number of piperazine rings is 1. The summed E-state index contributed by atoms with van der Waals surface area (Å²) in [6.07, 6.45) is 0.586. The lowest BCUT2D eigenvalue weighted by atomic mass is 10.0. The molecule has 1 fully saturated rings. The molecule has 0 bridgehead atoms. The van der Waals surface area contributed by atoms with Gasteiger partial charge in [0.25, 0.3) is 0 Å². The predicted molar refractivity (Wildman–Crippen MR) is 144 cm³/mol. The molecule has 1 aliphatic rings. The summed E-state index contributed by atoms with van der Waals surface area (Å²) < 4.78 is 10.8. The van der Waals surface area contributed by atoms with Gasteiger partial charge >= 0.3 is 0 Å². The van der Waals surface area contributed by atoms with E-state index >= 15 is 0 Å². The van der Waals surface area contributed by atoms with E-state index < -0.39 is 18.0 Å². The van der Waals surface area contributed by atoms with Crippen LogP contribution in [0.15, 0.2) is 59.5 Å². The summed E-state index contributed by atoms with van der Waals surface area (Å²) >= 11 is 0. The molecule has 2 aromatic carbocycles. The highest BCUT2D eigenvalue weighted by Gasteiger charge is 2.29. The molecule has 9 heteroatoms. The molecule has 4 rings (SSSR count). The van der Waals surface area contributed by atoms with Crippen molar-refractivity contribution in [3.05, 3.63) is 66.2 Å². The van der Waals surface area contributed by atoms with E-state index in [0.717, 1.165) is 44.8 Å². The third kappa shape index (κ3) is 7.30. The molecule has 1 saturated heterocycles. The molecule has 0 saturated carbocycles. The van der Waals surface area contributed by atoms with Crippen molar-refractivity contribution in [2.45, 2.75) is 45.3 Å². The first kappa shape index (κ1) is 27.1. The minimum atomic E-state index is -1.22. The SMILES string of the molecule is COc1cc(NC(O)C(O)NC(C)(C)CN2CCN(Cc3ccccc3C)CC2)ccc1-c1cnco1. The second-order valence-electron chi connectivity index (χ2n) is 10.3. The standard InChI is InChI=1S/C28H39N5O4/c1-20-7-5-6-8-21(20)17-32-11-13-33(14-12-32)18-28(2,3)31-27(35)26(34)30-22-9-10-23(24(15-22)36-4)25-16-29-19-37-25/h5-10,15-16,19,26-27,30-31,34-35H,11-14,17-18H2,1-4H3. The number of aliphatic hydroxyl groups excluding tert-OH is 2. The molecule has 1 aliphatic heterocycles. The van der Waals surface area contributed by atoms with Crippen molar-refractivity contribution in [3.63, 3.8) is 0 Å². The largest absolute Gasteiger partial charge is 0.496 e. The lowest BCUT2D eigenvalue weighted by Gasteiger charge is -2.40. The Morgan fingerprint density at radius 1 is 1.05 bits per heavy atom. The molecule has 0 aliphatic carbocycles. The van der Waals surface area contributed by atoms with Crippen molar-refractivity contribution in [2.75, 3.05) is 45.2 Å². The molecule has 9 nitrogen and oxygen atoms in total. The van der Waals surface area contributed by atoms with Gasteiger partial charge in [-0.25, -0.2) is 4.98 Å². The molecule has 3 aromatic rings. The van der Waals surface area contributed by atoms with Crippen LogP contribution in [0.25, 0.3) is 11.3 Å². The first-order chi connectivity index (χ1) is 17.7. The van der Waals surface area contributed by atoms with Crippen molar-refractivity contribution in [1.29, 1.82) is 0 Å². The molecule has 2 atom stereocenters. The maximum Gasteiger partial charge on any atom is 0.181 e. The number of hydrogen-bond donors (Lipinski definition) is 4. The van der Waals surface area contributed by atoms with Gasteiger partial charge in [-0.1, -0.05) is 24.3 Å². The van der Waals surface area contributed by atoms with E-state index in [1.54, 1.807) is 25.4 Å². The molecule has 37 heavy (non-hydrogen) atoms. The number of nitrogens with one attached hydrogen (secondary N) is 2. The first-order valence-electron chi connectivity index (χ1n) is 12.7. The maximum atomic E-state index is 10.7. The zero-order valence-corrected chi connectivity index (χ0v) is 22.1. The van der Waals surface area contributed by atoms with Crippen molar-refractivity contribution < 1.29 is 19.4 Å². The van der Waals surface area contributed by atoms with Crippen molar-refractivity contribution in [3.8, 4) is 17.1 Å². The Kier molecular flexibility index (Phi) is 8.83. The van der Waals surface area contributed by atoms with Crippen LogP contribution in [0.2, 0.25) is 0 Å². The van der Waals surface area contributed by atoms with Crippen LogP contribution in [0.4, 0.5) is 5.69 Å². The summed E-state index contributed by atoms with van der Waals surface area (Å²) in [5.74, 6) is 1.15. The zero-order chi connectivity index (χ0) is 26.4. The minimum absolute atomic E-state index is 0.409. The smallest absolute Gasteiger partial charge is 0.181 e. The molecular weight excluding hydrogens is 470 g/mol. The fourth-order valence-corrected chi connectivity index (χ4v) is 4.80. The Hall–Kier alpha value is -2.95. The lowest BCUT2D eigenvalue weighted by molar-refractivity contribution is -0.0111. The number of methoxy groups -OCH3 is 1. The number of nitrogens with zero attached hydrogens (tertiary/aromatic N) is 3. The summed E-state index contributed by atoms with van der Waals surface area (Å²) in [5, 5.41) is 27.5. The van der Waals surface area contributed by atoms with Crippen LogP contribution in [-0.4, -0.2) is 82.8 Å². The van der Waals surface area contributed by atoms with Gasteiger partial charge in [0, 0.05) is 56.6 Å². The van der Waals surface area contributed by atoms with Crippen LogP contribution < -0.4 is 15.4 Å². The lowest BCUT2D eigenvalue weighted by Crippen LogP contribution is -2.59. The number of benzene rings is 2. The van der Waals surface area contributed by atoms with Crippen molar-refractivity contribution in [1.82, 2.24) is 20.1 Å². The monoisotopic (exact) mass is 509 g/mol. The van der Waals surface area contributed by atoms with E-state index in [1.165, 1.54) is 17.5 Å². The van der Waals surface area contributed by atoms with Gasteiger partial charge in [0.2, 0.25) is 0 Å². The number of aromatic nitrogens is 1. The number of hydrogen-bond acceptors (Lipinski definition) is 9. The average Bonchev–Trinajstić information content (AvgIpc) is 3.41. The van der Waals surface area contributed by atoms with E-state index in [9.17, 15) is 10.2 Å². The second-order valence-corrected chi connectivity index (χ2v) is 10.3. The van der Waals surface area contributed by atoms with Gasteiger partial charge in [0.1, 0.15) is 12.0 Å². The Balaban J connectivity index is 1.26. The predicted octanol–water partition coefficient (Wildman–Crippen LogP) is 2.89. The van der Waals surface area contributed by atoms with Gasteiger partial charge in [-0.2, -0.15) is 0 Å². The van der Waals surface area contributed by atoms with E-state index in [-0.39, 0.29) is 0 Å². The number of aliphatic hydroxyl groups is 2. The Morgan fingerprint density at radius 2 is 1.78 bits per heavy atom.